The van der Waals surface area contributed by atoms with Crippen molar-refractivity contribution in [2.75, 3.05) is 39.6 Å². The van der Waals surface area contributed by atoms with Gasteiger partial charge in [-0.1, -0.05) is 282 Å². The van der Waals surface area contributed by atoms with Crippen LogP contribution in [-0.2, 0) is 65.4 Å². The molecule has 0 aliphatic carbocycles. The highest BCUT2D eigenvalue weighted by Gasteiger charge is 2.30. The zero-order valence-corrected chi connectivity index (χ0v) is 65.0. The summed E-state index contributed by atoms with van der Waals surface area (Å²) in [6, 6.07) is 0. The summed E-state index contributed by atoms with van der Waals surface area (Å²) in [5.74, 6) is -2.34. The monoisotopic (exact) mass is 1470 g/mol. The van der Waals surface area contributed by atoms with Gasteiger partial charge in [0.05, 0.1) is 26.4 Å². The van der Waals surface area contributed by atoms with Crippen molar-refractivity contribution in [1.29, 1.82) is 0 Å². The third-order valence-electron chi connectivity index (χ3n) is 15.5. The molecule has 0 aromatic rings. The topological polar surface area (TPSA) is 237 Å². The van der Waals surface area contributed by atoms with Gasteiger partial charge in [-0.05, 0) is 135 Å². The van der Waals surface area contributed by atoms with E-state index in [0.717, 1.165) is 154 Å². The van der Waals surface area contributed by atoms with Crippen LogP contribution >= 0.6 is 15.6 Å². The Hall–Kier alpha value is -5.32. The highest BCUT2D eigenvalue weighted by molar-refractivity contribution is 7.47. The van der Waals surface area contributed by atoms with Crippen LogP contribution in [-0.4, -0.2) is 96.7 Å². The summed E-state index contributed by atoms with van der Waals surface area (Å²) < 4.78 is 68.4. The van der Waals surface area contributed by atoms with Crippen LogP contribution in [0.15, 0.2) is 158 Å². The van der Waals surface area contributed by atoms with Gasteiger partial charge in [0.2, 0.25) is 0 Å². The minimum Gasteiger partial charge on any atom is -0.462 e. The molecule has 0 spiro atoms. The Labute approximate surface area is 617 Å². The maximum absolute atomic E-state index is 13.1. The van der Waals surface area contributed by atoms with Crippen molar-refractivity contribution in [3.63, 3.8) is 0 Å². The van der Waals surface area contributed by atoms with Gasteiger partial charge in [0.25, 0.3) is 0 Å². The van der Waals surface area contributed by atoms with E-state index >= 15 is 0 Å². The Bertz CT molecular complexity index is 2550. The van der Waals surface area contributed by atoms with E-state index < -0.39 is 97.5 Å². The van der Waals surface area contributed by atoms with Gasteiger partial charge in [-0.15, -0.1) is 0 Å². The molecule has 0 fully saturated rings. The number of aliphatic hydroxyl groups is 1. The minimum atomic E-state index is -5.00. The maximum atomic E-state index is 13.1. The molecule has 5 unspecified atom stereocenters. The number of phosphoric ester groups is 2. The number of hydrogen-bond acceptors (Lipinski definition) is 15. The Balaban J connectivity index is 5.43. The highest BCUT2D eigenvalue weighted by atomic mass is 31.2. The first kappa shape index (κ1) is 96.7. The summed E-state index contributed by atoms with van der Waals surface area (Å²) >= 11 is 0. The van der Waals surface area contributed by atoms with E-state index in [9.17, 15) is 43.2 Å². The molecule has 3 N–H and O–H groups in total. The largest absolute Gasteiger partial charge is 0.472 e. The van der Waals surface area contributed by atoms with E-state index in [-0.39, 0.29) is 25.7 Å². The number of esters is 4. The first-order valence-electron chi connectivity index (χ1n) is 38.7. The fraction of sp³-hybridized carbons (Fsp3) is 0.639. The van der Waals surface area contributed by atoms with E-state index in [1.54, 1.807) is 0 Å². The lowest BCUT2D eigenvalue weighted by Crippen LogP contribution is -2.30. The van der Waals surface area contributed by atoms with Crippen LogP contribution in [0.25, 0.3) is 0 Å². The lowest BCUT2D eigenvalue weighted by atomic mass is 10.1. The maximum Gasteiger partial charge on any atom is 0.472 e. The van der Waals surface area contributed by atoms with Crippen molar-refractivity contribution >= 4 is 39.5 Å². The van der Waals surface area contributed by atoms with Crippen molar-refractivity contribution in [3.8, 4) is 0 Å². The number of phosphoric acid groups is 2. The molecule has 0 saturated carbocycles. The molecule has 17 nitrogen and oxygen atoms in total. The Morgan fingerprint density at radius 2 is 0.529 bits per heavy atom. The summed E-state index contributed by atoms with van der Waals surface area (Å²) in [6.07, 6.45) is 85.4. The van der Waals surface area contributed by atoms with Crippen LogP contribution in [0.5, 0.6) is 0 Å². The van der Waals surface area contributed by atoms with Crippen LogP contribution in [0.1, 0.15) is 285 Å². The van der Waals surface area contributed by atoms with Crippen LogP contribution in [0, 0.1) is 0 Å². The lowest BCUT2D eigenvalue weighted by molar-refractivity contribution is -0.161. The fourth-order valence-corrected chi connectivity index (χ4v) is 11.3. The highest BCUT2D eigenvalue weighted by Crippen LogP contribution is 2.45. The molecule has 0 saturated heterocycles. The number of carbonyl (C=O) groups is 4. The van der Waals surface area contributed by atoms with Gasteiger partial charge in [0, 0.05) is 25.7 Å². The second-order valence-corrected chi connectivity index (χ2v) is 28.1. The number of unbranched alkanes of at least 4 members (excludes halogenated alkanes) is 19. The molecule has 0 radical (unpaired) electrons. The quantitative estimate of drug-likeness (QED) is 0.0169. The molecule has 102 heavy (non-hydrogen) atoms. The van der Waals surface area contributed by atoms with Crippen molar-refractivity contribution in [1.82, 2.24) is 0 Å². The molecule has 0 bridgehead atoms. The summed E-state index contributed by atoms with van der Waals surface area (Å²) in [4.78, 5) is 72.8. The van der Waals surface area contributed by atoms with Gasteiger partial charge in [-0.25, -0.2) is 9.13 Å². The third-order valence-corrected chi connectivity index (χ3v) is 17.4. The third kappa shape index (κ3) is 73.0. The normalized spacial score (nSPS) is 14.8. The van der Waals surface area contributed by atoms with Crippen LogP contribution in [0.2, 0.25) is 0 Å². The number of hydrogen-bond donors (Lipinski definition) is 3. The fourth-order valence-electron chi connectivity index (χ4n) is 9.72. The summed E-state index contributed by atoms with van der Waals surface area (Å²) in [6.45, 7) is 4.37. The summed E-state index contributed by atoms with van der Waals surface area (Å²) in [5.41, 5.74) is 0. The van der Waals surface area contributed by atoms with E-state index in [0.29, 0.717) is 38.5 Å². The molecule has 19 heteroatoms. The lowest BCUT2D eigenvalue weighted by Gasteiger charge is -2.21. The summed E-state index contributed by atoms with van der Waals surface area (Å²) in [7, 11) is -9.99. The first-order valence-corrected chi connectivity index (χ1v) is 41.7. The molecule has 0 heterocycles. The smallest absolute Gasteiger partial charge is 0.462 e. The number of aliphatic hydroxyl groups excluding tert-OH is 1. The van der Waals surface area contributed by atoms with Crippen molar-refractivity contribution in [2.45, 2.75) is 303 Å². The Morgan fingerprint density at radius 1 is 0.284 bits per heavy atom. The standard InChI is InChI=1S/C83H136O17P2/c1-5-9-13-17-21-25-29-32-35-37-38-40-43-45-49-52-56-60-64-68-80(85)93-73-78(99-82(87)69-65-61-57-53-47-28-24-20-16-12-8-4)75-97-101(89,90)95-71-77(84)72-96-102(91,92)98-76-79(100-83(88)70-66-62-58-54-50-46-41-34-31-27-23-19-15-11-7-3)74-94-81(86)67-63-59-55-51-48-44-42-39-36-33-30-26-22-18-14-10-6-2/h9-11,13-15,21-23,25-27,32-36,38,40-41,45,49-50,54,56,60,77-79,84H,5-8,12,16-20,24,28-31,37,39,42-44,46-48,51-53,55,57-59,61-76H2,1-4H3,(H,89,90)(H,91,92)/b13-9-,14-10-,15-11-,25-21-,26-22-,27-23-,35-32-,36-33-,40-38-,41-34-,49-45-,54-50-,60-56-. The van der Waals surface area contributed by atoms with Gasteiger partial charge >= 0.3 is 39.5 Å². The Morgan fingerprint density at radius 3 is 0.863 bits per heavy atom. The Kier molecular flexibility index (Phi) is 70.1. The number of rotatable bonds is 71. The molecule has 0 aromatic heterocycles. The number of carbonyl (C=O) groups excluding carboxylic acids is 4. The molecule has 5 atom stereocenters. The van der Waals surface area contributed by atoms with E-state index in [1.165, 1.54) is 38.5 Å². The van der Waals surface area contributed by atoms with Gasteiger partial charge < -0.3 is 33.8 Å². The van der Waals surface area contributed by atoms with E-state index in [4.69, 9.17) is 37.0 Å². The van der Waals surface area contributed by atoms with E-state index in [2.05, 4.69) is 167 Å². The minimum absolute atomic E-state index is 0.0325. The van der Waals surface area contributed by atoms with Gasteiger partial charge in [-0.2, -0.15) is 0 Å². The van der Waals surface area contributed by atoms with Crippen LogP contribution in [0.4, 0.5) is 0 Å². The average molecular weight is 1470 g/mol. The zero-order chi connectivity index (χ0) is 74.6. The van der Waals surface area contributed by atoms with Gasteiger partial charge in [0.1, 0.15) is 19.3 Å². The van der Waals surface area contributed by atoms with Gasteiger partial charge in [-0.3, -0.25) is 37.3 Å². The molecule has 0 aromatic carbocycles. The number of allylic oxidation sites excluding steroid dienone is 26. The van der Waals surface area contributed by atoms with Crippen molar-refractivity contribution < 1.29 is 80.2 Å². The molecule has 580 valence electrons. The molecule has 0 rings (SSSR count). The second kappa shape index (κ2) is 74.0. The summed E-state index contributed by atoms with van der Waals surface area (Å²) in [5, 5.41) is 10.6. The number of ether oxygens (including phenoxy) is 4. The molecule has 0 aliphatic heterocycles. The molecular weight excluding hydrogens is 1330 g/mol. The SMILES string of the molecule is CC/C=C\C/C=C\C/C=C\C/C=C\C/C=C\C/C=C\CCC(=O)OCC(COP(=O)(O)OCC(O)COP(=O)(O)OCC(COC(=O)CCCCCCCCC/C=C\C/C=C\C/C=C\CC)OC(=O)CCCC/C=C\C/C=C\C/C=C\C/C=C\CC)OC(=O)CCCCCCCCCCCCC. The van der Waals surface area contributed by atoms with Crippen molar-refractivity contribution in [2.24, 2.45) is 0 Å². The van der Waals surface area contributed by atoms with Gasteiger partial charge in [0.15, 0.2) is 12.2 Å². The predicted molar refractivity (Wildman–Crippen MR) is 417 cm³/mol. The average Bonchev–Trinajstić information content (AvgIpc) is 0.926. The first-order chi connectivity index (χ1) is 49.7. The van der Waals surface area contributed by atoms with Crippen LogP contribution < -0.4 is 0 Å². The predicted octanol–water partition coefficient (Wildman–Crippen LogP) is 22.4. The van der Waals surface area contributed by atoms with Crippen molar-refractivity contribution in [3.05, 3.63) is 158 Å². The second-order valence-electron chi connectivity index (χ2n) is 25.2. The van der Waals surface area contributed by atoms with Crippen LogP contribution in [0.3, 0.4) is 0 Å². The zero-order valence-electron chi connectivity index (χ0n) is 63.2. The molecule has 0 aliphatic rings. The molecule has 0 amide bonds. The van der Waals surface area contributed by atoms with E-state index in [1.807, 2.05) is 18.2 Å². The molecular formula is C83H136O17P2.